The summed E-state index contributed by atoms with van der Waals surface area (Å²) >= 11 is 0. The molecule has 0 aliphatic carbocycles. The van der Waals surface area contributed by atoms with Gasteiger partial charge in [-0.25, -0.2) is 4.68 Å². The van der Waals surface area contributed by atoms with Gasteiger partial charge in [0, 0.05) is 11.8 Å². The number of hydrogen-bond donors (Lipinski definition) is 2. The second-order valence-electron chi connectivity index (χ2n) is 4.18. The molecule has 0 aliphatic heterocycles. The third kappa shape index (κ3) is 2.84. The first-order valence-corrected chi connectivity index (χ1v) is 6.06. The van der Waals surface area contributed by atoms with E-state index < -0.39 is 0 Å². The minimum atomic E-state index is -0.386. The number of pyridine rings is 1. The van der Waals surface area contributed by atoms with Crippen molar-refractivity contribution in [2.24, 2.45) is 0 Å². The van der Waals surface area contributed by atoms with Crippen LogP contribution in [0.4, 0.5) is 5.69 Å². The van der Waals surface area contributed by atoms with Crippen LogP contribution in [0, 0.1) is 0 Å². The number of carbonyl (C=O) groups excluding carboxylic acids is 1. The topological polar surface area (TPSA) is 106 Å². The van der Waals surface area contributed by atoms with E-state index in [0.717, 1.165) is 5.69 Å². The van der Waals surface area contributed by atoms with Crippen molar-refractivity contribution in [2.45, 2.75) is 0 Å². The lowest BCUT2D eigenvalue weighted by Crippen LogP contribution is -2.17. The van der Waals surface area contributed by atoms with Gasteiger partial charge in [0.05, 0.1) is 5.69 Å². The Morgan fingerprint density at radius 3 is 2.62 bits per heavy atom. The van der Waals surface area contributed by atoms with E-state index in [1.165, 1.54) is 29.2 Å². The fourth-order valence-corrected chi connectivity index (χ4v) is 1.76. The van der Waals surface area contributed by atoms with Crippen molar-refractivity contribution in [2.75, 3.05) is 5.32 Å². The molecule has 1 amide bonds. The first kappa shape index (κ1) is 12.7. The zero-order chi connectivity index (χ0) is 14.7. The molecule has 104 valence electrons. The van der Waals surface area contributed by atoms with Gasteiger partial charge in [0.15, 0.2) is 0 Å². The zero-order valence-electron chi connectivity index (χ0n) is 10.7. The molecule has 0 spiro atoms. The fraction of sp³-hybridized carbons (Fsp3) is 0. The number of H-pyrrole nitrogens is 1. The summed E-state index contributed by atoms with van der Waals surface area (Å²) in [6.07, 6.45) is 1.47. The molecule has 3 aromatic rings. The zero-order valence-corrected chi connectivity index (χ0v) is 10.7. The third-order valence-electron chi connectivity index (χ3n) is 2.75. The van der Waals surface area contributed by atoms with Gasteiger partial charge in [-0.2, -0.15) is 0 Å². The van der Waals surface area contributed by atoms with Crippen LogP contribution in [-0.4, -0.2) is 31.1 Å². The highest BCUT2D eigenvalue weighted by Gasteiger charge is 2.07. The van der Waals surface area contributed by atoms with Gasteiger partial charge < -0.3 is 10.3 Å². The van der Waals surface area contributed by atoms with Crippen LogP contribution >= 0.6 is 0 Å². The summed E-state index contributed by atoms with van der Waals surface area (Å²) in [5.74, 6) is -0.386. The molecule has 3 rings (SSSR count). The molecule has 2 heterocycles. The SMILES string of the molecule is O=C(Nc1ccc(-n2cnnn2)cc1)c1cccc(=O)[nH]1. The fourth-order valence-electron chi connectivity index (χ4n) is 1.76. The number of hydrogen-bond acceptors (Lipinski definition) is 5. The highest BCUT2D eigenvalue weighted by molar-refractivity contribution is 6.02. The molecule has 0 saturated carbocycles. The number of amides is 1. The van der Waals surface area contributed by atoms with E-state index in [1.807, 2.05) is 0 Å². The number of nitrogens with zero attached hydrogens (tertiary/aromatic N) is 4. The van der Waals surface area contributed by atoms with E-state index in [2.05, 4.69) is 25.8 Å². The van der Waals surface area contributed by atoms with Crippen LogP contribution in [0.3, 0.4) is 0 Å². The van der Waals surface area contributed by atoms with E-state index in [0.29, 0.717) is 5.69 Å². The average Bonchev–Trinajstić information content (AvgIpc) is 3.02. The maximum Gasteiger partial charge on any atom is 0.272 e. The number of tetrazole rings is 1. The lowest BCUT2D eigenvalue weighted by molar-refractivity contribution is 0.102. The number of nitrogens with one attached hydrogen (secondary N) is 2. The molecule has 0 saturated heterocycles. The normalized spacial score (nSPS) is 10.3. The lowest BCUT2D eigenvalue weighted by atomic mass is 10.2. The predicted molar refractivity (Wildman–Crippen MR) is 74.2 cm³/mol. The Hall–Kier alpha value is -3.29. The van der Waals surface area contributed by atoms with E-state index in [-0.39, 0.29) is 17.2 Å². The van der Waals surface area contributed by atoms with Gasteiger partial charge in [0.25, 0.3) is 5.91 Å². The van der Waals surface area contributed by atoms with Gasteiger partial charge in [-0.1, -0.05) is 6.07 Å². The highest BCUT2D eigenvalue weighted by Crippen LogP contribution is 2.12. The Balaban J connectivity index is 1.76. The highest BCUT2D eigenvalue weighted by atomic mass is 16.2. The molecule has 0 bridgehead atoms. The summed E-state index contributed by atoms with van der Waals surface area (Å²) in [5.41, 5.74) is 1.25. The molecule has 21 heavy (non-hydrogen) atoms. The Morgan fingerprint density at radius 2 is 1.95 bits per heavy atom. The molecule has 2 aromatic heterocycles. The van der Waals surface area contributed by atoms with Crippen LogP contribution in [0.5, 0.6) is 0 Å². The van der Waals surface area contributed by atoms with E-state index in [4.69, 9.17) is 0 Å². The van der Waals surface area contributed by atoms with Crippen molar-refractivity contribution in [3.05, 3.63) is 64.8 Å². The molecule has 0 unspecified atom stereocenters. The van der Waals surface area contributed by atoms with Crippen LogP contribution < -0.4 is 10.9 Å². The predicted octanol–water partition coefficient (Wildman–Crippen LogP) is 0.603. The Morgan fingerprint density at radius 1 is 1.14 bits per heavy atom. The summed E-state index contributed by atoms with van der Waals surface area (Å²) < 4.78 is 1.50. The van der Waals surface area contributed by atoms with E-state index >= 15 is 0 Å². The van der Waals surface area contributed by atoms with Gasteiger partial charge in [-0.05, 0) is 40.8 Å². The number of carbonyl (C=O) groups is 1. The van der Waals surface area contributed by atoms with Crippen LogP contribution in [0.2, 0.25) is 0 Å². The Bertz CT molecular complexity index is 807. The lowest BCUT2D eigenvalue weighted by Gasteiger charge is -2.06. The van der Waals surface area contributed by atoms with Gasteiger partial charge >= 0.3 is 0 Å². The standard InChI is InChI=1S/C13H10N6O2/c20-12-3-1-2-11(16-12)13(21)15-9-4-6-10(7-5-9)19-8-14-17-18-19/h1-8H,(H,15,21)(H,16,20). The van der Waals surface area contributed by atoms with Gasteiger partial charge in [0.1, 0.15) is 12.0 Å². The van der Waals surface area contributed by atoms with Crippen LogP contribution in [0.15, 0.2) is 53.6 Å². The first-order valence-electron chi connectivity index (χ1n) is 6.06. The van der Waals surface area contributed by atoms with Gasteiger partial charge in [-0.3, -0.25) is 9.59 Å². The number of anilines is 1. The van der Waals surface area contributed by atoms with Crippen molar-refractivity contribution >= 4 is 11.6 Å². The Labute approximate surface area is 118 Å². The molecule has 0 radical (unpaired) electrons. The summed E-state index contributed by atoms with van der Waals surface area (Å²) in [6.45, 7) is 0. The quantitative estimate of drug-likeness (QED) is 0.732. The summed E-state index contributed by atoms with van der Waals surface area (Å²) in [4.78, 5) is 25.6. The smallest absolute Gasteiger partial charge is 0.272 e. The summed E-state index contributed by atoms with van der Waals surface area (Å²) in [7, 11) is 0. The van der Waals surface area contributed by atoms with Gasteiger partial charge in [-0.15, -0.1) is 5.10 Å². The van der Waals surface area contributed by atoms with Crippen molar-refractivity contribution in [3.63, 3.8) is 0 Å². The van der Waals surface area contributed by atoms with E-state index in [1.54, 1.807) is 24.3 Å². The third-order valence-corrected chi connectivity index (χ3v) is 2.75. The van der Waals surface area contributed by atoms with Gasteiger partial charge in [0.2, 0.25) is 5.56 Å². The van der Waals surface area contributed by atoms with Crippen LogP contribution in [-0.2, 0) is 0 Å². The molecular weight excluding hydrogens is 272 g/mol. The molecule has 8 heteroatoms. The van der Waals surface area contributed by atoms with Crippen molar-refractivity contribution in [1.82, 2.24) is 25.2 Å². The molecule has 0 aliphatic rings. The number of benzene rings is 1. The largest absolute Gasteiger partial charge is 0.321 e. The van der Waals surface area contributed by atoms with Crippen molar-refractivity contribution in [3.8, 4) is 5.69 Å². The average molecular weight is 282 g/mol. The minimum absolute atomic E-state index is 0.201. The van der Waals surface area contributed by atoms with Crippen molar-refractivity contribution in [1.29, 1.82) is 0 Å². The Kier molecular flexibility index (Phi) is 3.26. The molecule has 8 nitrogen and oxygen atoms in total. The molecule has 0 fully saturated rings. The molecule has 0 atom stereocenters. The first-order chi connectivity index (χ1) is 10.2. The summed E-state index contributed by atoms with van der Waals surface area (Å²) in [6, 6.07) is 11.4. The number of rotatable bonds is 3. The summed E-state index contributed by atoms with van der Waals surface area (Å²) in [5, 5.41) is 13.5. The van der Waals surface area contributed by atoms with Crippen molar-refractivity contribution < 1.29 is 4.79 Å². The second-order valence-corrected chi connectivity index (χ2v) is 4.18. The maximum absolute atomic E-state index is 12.0. The van der Waals surface area contributed by atoms with E-state index in [9.17, 15) is 9.59 Å². The molecular formula is C13H10N6O2. The molecule has 1 aromatic carbocycles. The van der Waals surface area contributed by atoms with Crippen LogP contribution in [0.1, 0.15) is 10.5 Å². The number of aromatic amines is 1. The minimum Gasteiger partial charge on any atom is -0.321 e. The number of aromatic nitrogens is 5. The second kappa shape index (κ2) is 5.37. The molecule has 2 N–H and O–H groups in total. The van der Waals surface area contributed by atoms with Crippen LogP contribution in [0.25, 0.3) is 5.69 Å². The maximum atomic E-state index is 12.0. The monoisotopic (exact) mass is 282 g/mol.